The molecule has 1 unspecified atom stereocenters. The van der Waals surface area contributed by atoms with Gasteiger partial charge in [0.25, 0.3) is 0 Å². The van der Waals surface area contributed by atoms with Crippen LogP contribution < -0.4 is 0 Å². The zero-order chi connectivity index (χ0) is 24.4. The third-order valence-corrected chi connectivity index (χ3v) is 5.91. The molecule has 0 aliphatic heterocycles. The van der Waals surface area contributed by atoms with Gasteiger partial charge < -0.3 is 9.84 Å². The van der Waals surface area contributed by atoms with E-state index < -0.39 is 12.1 Å². The molecule has 4 nitrogen and oxygen atoms in total. The van der Waals surface area contributed by atoms with Crippen molar-refractivity contribution in [1.82, 2.24) is 0 Å². The van der Waals surface area contributed by atoms with Crippen LogP contribution in [-0.4, -0.2) is 23.1 Å². The number of hydrogen-bond donors (Lipinski definition) is 1. The Kier molecular flexibility index (Phi) is 23.9. The van der Waals surface area contributed by atoms with Crippen molar-refractivity contribution in [3.8, 4) is 0 Å². The van der Waals surface area contributed by atoms with Crippen molar-refractivity contribution in [2.24, 2.45) is 0 Å². The first kappa shape index (κ1) is 31.4. The normalized spacial score (nSPS) is 12.5. The van der Waals surface area contributed by atoms with Crippen LogP contribution in [0.5, 0.6) is 0 Å². The highest BCUT2D eigenvalue weighted by molar-refractivity contribution is 5.71. The molecule has 0 saturated heterocycles. The number of unbranched alkanes of at least 4 members (excludes halogenated alkanes) is 13. The molecule has 0 aromatic heterocycles. The fraction of sp³-hybridized carbons (Fsp3) is 0.793. The van der Waals surface area contributed by atoms with Crippen LogP contribution in [0.3, 0.4) is 0 Å². The Morgan fingerprint density at radius 1 is 0.697 bits per heavy atom. The van der Waals surface area contributed by atoms with Crippen molar-refractivity contribution < 1.29 is 19.4 Å². The summed E-state index contributed by atoms with van der Waals surface area (Å²) in [5, 5.41) is 9.09. The number of esters is 1. The molecular formula is C29H52O4. The number of carbonyl (C=O) groups excluding carboxylic acids is 1. The van der Waals surface area contributed by atoms with E-state index >= 15 is 0 Å². The van der Waals surface area contributed by atoms with E-state index in [1.165, 1.54) is 64.2 Å². The van der Waals surface area contributed by atoms with E-state index in [2.05, 4.69) is 38.2 Å². The molecule has 0 amide bonds. The van der Waals surface area contributed by atoms with Crippen LogP contribution in [0.25, 0.3) is 0 Å². The van der Waals surface area contributed by atoms with Gasteiger partial charge in [-0.3, -0.25) is 9.59 Å². The van der Waals surface area contributed by atoms with Crippen LogP contribution in [0.15, 0.2) is 24.3 Å². The minimum atomic E-state index is -0.893. The van der Waals surface area contributed by atoms with Crippen molar-refractivity contribution in [2.45, 2.75) is 148 Å². The predicted molar refractivity (Wildman–Crippen MR) is 139 cm³/mol. The van der Waals surface area contributed by atoms with Crippen LogP contribution in [0.1, 0.15) is 142 Å². The number of aliphatic carboxylic acids is 1. The van der Waals surface area contributed by atoms with Gasteiger partial charge in [-0.15, -0.1) is 0 Å². The molecule has 0 aliphatic rings. The van der Waals surface area contributed by atoms with Gasteiger partial charge in [0.2, 0.25) is 0 Å². The van der Waals surface area contributed by atoms with Gasteiger partial charge in [0.05, 0.1) is 6.42 Å². The largest absolute Gasteiger partial charge is 0.481 e. The number of rotatable bonds is 24. The molecule has 0 aromatic carbocycles. The topological polar surface area (TPSA) is 63.6 Å². The number of carboxylic acid groups (broad SMARTS) is 1. The van der Waals surface area contributed by atoms with E-state index in [1.807, 2.05) is 0 Å². The summed E-state index contributed by atoms with van der Waals surface area (Å²) >= 11 is 0. The maximum absolute atomic E-state index is 12.1. The molecule has 0 saturated carbocycles. The van der Waals surface area contributed by atoms with Crippen LogP contribution in [0.2, 0.25) is 0 Å². The monoisotopic (exact) mass is 464 g/mol. The maximum Gasteiger partial charge on any atom is 0.307 e. The Morgan fingerprint density at radius 3 is 1.85 bits per heavy atom. The first-order valence-electron chi connectivity index (χ1n) is 13.8. The SMILES string of the molecule is CCCCC/C=C\C/C=C\CCCCCCCC(=O)OC(CCCCCCCC)CC(=O)O. The first-order valence-corrected chi connectivity index (χ1v) is 13.8. The minimum absolute atomic E-state index is 0.0805. The fourth-order valence-corrected chi connectivity index (χ4v) is 3.88. The number of ether oxygens (including phenoxy) is 1. The van der Waals surface area contributed by atoms with Crippen LogP contribution in [-0.2, 0) is 14.3 Å². The van der Waals surface area contributed by atoms with Crippen molar-refractivity contribution in [3.63, 3.8) is 0 Å². The van der Waals surface area contributed by atoms with Gasteiger partial charge in [-0.1, -0.05) is 102 Å². The third kappa shape index (κ3) is 24.9. The molecule has 1 N–H and O–H groups in total. The number of hydrogen-bond acceptors (Lipinski definition) is 3. The maximum atomic E-state index is 12.1. The van der Waals surface area contributed by atoms with E-state index in [-0.39, 0.29) is 12.4 Å². The highest BCUT2D eigenvalue weighted by Crippen LogP contribution is 2.15. The summed E-state index contributed by atoms with van der Waals surface area (Å²) in [6, 6.07) is 0. The van der Waals surface area contributed by atoms with Crippen LogP contribution in [0, 0.1) is 0 Å². The number of allylic oxidation sites excluding steroid dienone is 4. The molecule has 0 fully saturated rings. The number of carboxylic acids is 1. The Hall–Kier alpha value is -1.58. The molecule has 0 bridgehead atoms. The lowest BCUT2D eigenvalue weighted by Crippen LogP contribution is -2.21. The van der Waals surface area contributed by atoms with Crippen LogP contribution >= 0.6 is 0 Å². The minimum Gasteiger partial charge on any atom is -0.481 e. The van der Waals surface area contributed by atoms with E-state index in [0.29, 0.717) is 12.8 Å². The summed E-state index contributed by atoms with van der Waals surface area (Å²) in [6.07, 6.45) is 29.1. The summed E-state index contributed by atoms with van der Waals surface area (Å²) in [5.74, 6) is -1.13. The molecule has 33 heavy (non-hydrogen) atoms. The molecule has 4 heteroatoms. The van der Waals surface area contributed by atoms with Gasteiger partial charge in [0.1, 0.15) is 6.10 Å². The molecule has 1 atom stereocenters. The molecule has 192 valence electrons. The smallest absolute Gasteiger partial charge is 0.307 e. The molecule has 0 spiro atoms. The third-order valence-electron chi connectivity index (χ3n) is 5.91. The van der Waals surface area contributed by atoms with Gasteiger partial charge in [-0.2, -0.15) is 0 Å². The average molecular weight is 465 g/mol. The Labute approximate surface area is 204 Å². The summed E-state index contributed by atoms with van der Waals surface area (Å²) in [6.45, 7) is 4.43. The Morgan fingerprint density at radius 2 is 1.21 bits per heavy atom. The predicted octanol–water partition coefficient (Wildman–Crippen LogP) is 8.94. The van der Waals surface area contributed by atoms with Gasteiger partial charge in [0.15, 0.2) is 0 Å². The molecule has 0 radical (unpaired) electrons. The average Bonchev–Trinajstić information content (AvgIpc) is 2.78. The summed E-state index contributed by atoms with van der Waals surface area (Å²) in [5.41, 5.74) is 0. The second-order valence-electron chi connectivity index (χ2n) is 9.25. The van der Waals surface area contributed by atoms with E-state index in [0.717, 1.165) is 44.9 Å². The summed E-state index contributed by atoms with van der Waals surface area (Å²) in [7, 11) is 0. The molecule has 0 aromatic rings. The molecule has 0 heterocycles. The van der Waals surface area contributed by atoms with E-state index in [9.17, 15) is 9.59 Å². The Bertz CT molecular complexity index is 510. The van der Waals surface area contributed by atoms with Crippen molar-refractivity contribution in [3.05, 3.63) is 24.3 Å². The molecule has 0 aliphatic carbocycles. The molecular weight excluding hydrogens is 412 g/mol. The van der Waals surface area contributed by atoms with Gasteiger partial charge in [-0.25, -0.2) is 0 Å². The summed E-state index contributed by atoms with van der Waals surface area (Å²) < 4.78 is 5.47. The first-order chi connectivity index (χ1) is 16.1. The lowest BCUT2D eigenvalue weighted by Gasteiger charge is -2.16. The number of carbonyl (C=O) groups is 2. The van der Waals surface area contributed by atoms with Crippen LogP contribution in [0.4, 0.5) is 0 Å². The molecule has 0 rings (SSSR count). The zero-order valence-electron chi connectivity index (χ0n) is 21.7. The zero-order valence-corrected chi connectivity index (χ0v) is 21.7. The van der Waals surface area contributed by atoms with Crippen molar-refractivity contribution in [2.75, 3.05) is 0 Å². The standard InChI is InChI=1S/C29H52O4/c1-3-5-7-9-11-12-13-14-15-16-17-18-19-21-23-25-29(32)33-27(26-28(30)31)24-22-20-10-8-6-4-2/h11-12,14-15,27H,3-10,13,16-26H2,1-2H3,(H,30,31)/b12-11-,15-14-. The Balaban J connectivity index is 3.71. The summed E-state index contributed by atoms with van der Waals surface area (Å²) in [4.78, 5) is 23.2. The lowest BCUT2D eigenvalue weighted by molar-refractivity contribution is -0.153. The lowest BCUT2D eigenvalue weighted by atomic mass is 10.1. The van der Waals surface area contributed by atoms with E-state index in [1.54, 1.807) is 0 Å². The second-order valence-corrected chi connectivity index (χ2v) is 9.25. The van der Waals surface area contributed by atoms with Gasteiger partial charge >= 0.3 is 11.9 Å². The fourth-order valence-electron chi connectivity index (χ4n) is 3.88. The van der Waals surface area contributed by atoms with Crippen molar-refractivity contribution >= 4 is 11.9 Å². The quantitative estimate of drug-likeness (QED) is 0.0879. The van der Waals surface area contributed by atoms with E-state index in [4.69, 9.17) is 9.84 Å². The van der Waals surface area contributed by atoms with Gasteiger partial charge in [-0.05, 0) is 51.4 Å². The highest BCUT2D eigenvalue weighted by atomic mass is 16.5. The highest BCUT2D eigenvalue weighted by Gasteiger charge is 2.17. The van der Waals surface area contributed by atoms with Gasteiger partial charge in [0, 0.05) is 6.42 Å². The van der Waals surface area contributed by atoms with Crippen molar-refractivity contribution in [1.29, 1.82) is 0 Å². The second kappa shape index (κ2) is 25.1.